The molecule has 1 heterocycles. The third-order valence-corrected chi connectivity index (χ3v) is 3.96. The maximum absolute atomic E-state index is 4.50. The second kappa shape index (κ2) is 3.89. The molecule has 0 bridgehead atoms. The molecule has 2 rings (SSSR count). The predicted octanol–water partition coefficient (Wildman–Crippen LogP) is 3.43. The minimum Gasteiger partial charge on any atom is -0.367 e. The topological polar surface area (TPSA) is 24.9 Å². The lowest BCUT2D eigenvalue weighted by atomic mass is 9.93. The van der Waals surface area contributed by atoms with Crippen molar-refractivity contribution >= 4 is 21.7 Å². The van der Waals surface area contributed by atoms with Gasteiger partial charge in [0.25, 0.3) is 0 Å². The zero-order valence-corrected chi connectivity index (χ0v) is 10.2. The molecule has 0 unspecified atom stereocenters. The predicted molar refractivity (Wildman–Crippen MR) is 62.7 cm³/mol. The lowest BCUT2D eigenvalue weighted by Crippen LogP contribution is -2.27. The zero-order valence-electron chi connectivity index (χ0n) is 8.60. The molecule has 1 aromatic rings. The summed E-state index contributed by atoms with van der Waals surface area (Å²) in [5.74, 6) is 1.02. The summed E-state index contributed by atoms with van der Waals surface area (Å²) in [4.78, 5) is 4.50. The van der Waals surface area contributed by atoms with E-state index >= 15 is 0 Å². The third kappa shape index (κ3) is 1.92. The summed E-state index contributed by atoms with van der Waals surface area (Å²) >= 11 is 3.52. The third-order valence-electron chi connectivity index (χ3n) is 2.76. The van der Waals surface area contributed by atoms with Gasteiger partial charge in [0.05, 0.1) is 5.69 Å². The second-order valence-electron chi connectivity index (χ2n) is 4.00. The fraction of sp³-hybridized carbons (Fsp3) is 0.545. The van der Waals surface area contributed by atoms with Gasteiger partial charge in [-0.15, -0.1) is 0 Å². The molecule has 14 heavy (non-hydrogen) atoms. The van der Waals surface area contributed by atoms with Gasteiger partial charge in [-0.1, -0.05) is 0 Å². The average Bonchev–Trinajstić information content (AvgIpc) is 2.07. The van der Waals surface area contributed by atoms with Crippen LogP contribution >= 0.6 is 15.9 Å². The number of rotatable bonds is 2. The van der Waals surface area contributed by atoms with Gasteiger partial charge in [0, 0.05) is 10.5 Å². The van der Waals surface area contributed by atoms with Gasteiger partial charge in [0.15, 0.2) is 0 Å². The quantitative estimate of drug-likeness (QED) is 0.875. The van der Waals surface area contributed by atoms with Crippen LogP contribution in [0, 0.1) is 13.8 Å². The van der Waals surface area contributed by atoms with Crippen LogP contribution in [-0.2, 0) is 0 Å². The van der Waals surface area contributed by atoms with Crippen molar-refractivity contribution in [3.8, 4) is 0 Å². The Kier molecular flexibility index (Phi) is 2.77. The van der Waals surface area contributed by atoms with Crippen LogP contribution in [0.1, 0.15) is 30.5 Å². The van der Waals surface area contributed by atoms with Crippen molar-refractivity contribution in [1.82, 2.24) is 4.98 Å². The molecule has 0 radical (unpaired) electrons. The Bertz CT molecular complexity index is 322. The lowest BCUT2D eigenvalue weighted by Gasteiger charge is -2.27. The van der Waals surface area contributed by atoms with Gasteiger partial charge in [-0.05, 0) is 60.7 Å². The summed E-state index contributed by atoms with van der Waals surface area (Å²) in [5.41, 5.74) is 2.31. The van der Waals surface area contributed by atoms with E-state index in [2.05, 4.69) is 39.2 Å². The number of hydrogen-bond acceptors (Lipinski definition) is 2. The normalized spacial score (nSPS) is 16.5. The fourth-order valence-corrected chi connectivity index (χ4v) is 1.85. The van der Waals surface area contributed by atoms with Crippen molar-refractivity contribution in [2.45, 2.75) is 39.2 Å². The molecule has 1 aliphatic carbocycles. The van der Waals surface area contributed by atoms with Gasteiger partial charge in [0.2, 0.25) is 0 Å². The van der Waals surface area contributed by atoms with Crippen LogP contribution in [-0.4, -0.2) is 11.0 Å². The van der Waals surface area contributed by atoms with E-state index in [-0.39, 0.29) is 0 Å². The van der Waals surface area contributed by atoms with E-state index in [0.717, 1.165) is 16.0 Å². The molecule has 0 atom stereocenters. The Labute approximate surface area is 93.3 Å². The second-order valence-corrected chi connectivity index (χ2v) is 4.79. The molecule has 1 N–H and O–H groups in total. The van der Waals surface area contributed by atoms with Crippen LogP contribution in [0.3, 0.4) is 0 Å². The van der Waals surface area contributed by atoms with Crippen molar-refractivity contribution < 1.29 is 0 Å². The van der Waals surface area contributed by atoms with Gasteiger partial charge in [0.1, 0.15) is 5.82 Å². The molecule has 2 nitrogen and oxygen atoms in total. The SMILES string of the molecule is Cc1cc(NC2CCC2)nc(C)c1Br. The maximum Gasteiger partial charge on any atom is 0.126 e. The number of hydrogen-bond donors (Lipinski definition) is 1. The largest absolute Gasteiger partial charge is 0.367 e. The molecule has 0 saturated heterocycles. The van der Waals surface area contributed by atoms with Crippen molar-refractivity contribution in [3.05, 3.63) is 21.8 Å². The van der Waals surface area contributed by atoms with Crippen molar-refractivity contribution in [2.24, 2.45) is 0 Å². The first kappa shape index (κ1) is 9.97. The number of anilines is 1. The number of nitrogens with zero attached hydrogens (tertiary/aromatic N) is 1. The molecule has 0 aliphatic heterocycles. The van der Waals surface area contributed by atoms with Crippen LogP contribution in [0.4, 0.5) is 5.82 Å². The van der Waals surface area contributed by atoms with E-state index in [1.165, 1.54) is 24.8 Å². The highest BCUT2D eigenvalue weighted by Gasteiger charge is 2.17. The number of pyridine rings is 1. The Morgan fingerprint density at radius 3 is 2.64 bits per heavy atom. The molecule has 0 amide bonds. The summed E-state index contributed by atoms with van der Waals surface area (Å²) in [6.07, 6.45) is 3.93. The first-order chi connectivity index (χ1) is 6.66. The summed E-state index contributed by atoms with van der Waals surface area (Å²) in [6, 6.07) is 2.76. The van der Waals surface area contributed by atoms with E-state index in [9.17, 15) is 0 Å². The summed E-state index contributed by atoms with van der Waals surface area (Å²) < 4.78 is 1.12. The van der Waals surface area contributed by atoms with Crippen LogP contribution in [0.5, 0.6) is 0 Å². The molecular weight excluding hydrogens is 240 g/mol. The Balaban J connectivity index is 2.17. The Morgan fingerprint density at radius 1 is 1.43 bits per heavy atom. The first-order valence-corrected chi connectivity index (χ1v) is 5.86. The number of nitrogens with one attached hydrogen (secondary N) is 1. The fourth-order valence-electron chi connectivity index (χ4n) is 1.65. The molecule has 0 aromatic carbocycles. The van der Waals surface area contributed by atoms with E-state index < -0.39 is 0 Å². The van der Waals surface area contributed by atoms with E-state index in [0.29, 0.717) is 6.04 Å². The lowest BCUT2D eigenvalue weighted by molar-refractivity contribution is 0.444. The van der Waals surface area contributed by atoms with E-state index in [4.69, 9.17) is 0 Å². The molecule has 3 heteroatoms. The Hall–Kier alpha value is -0.570. The molecule has 1 aliphatic rings. The minimum atomic E-state index is 0.655. The zero-order chi connectivity index (χ0) is 10.1. The number of aryl methyl sites for hydroxylation is 2. The standard InChI is InChI=1S/C11H15BrN2/c1-7-6-10(13-8(2)11(7)12)14-9-4-3-5-9/h6,9H,3-5H2,1-2H3,(H,13,14). The number of halogens is 1. The Morgan fingerprint density at radius 2 is 2.14 bits per heavy atom. The highest BCUT2D eigenvalue weighted by atomic mass is 79.9. The van der Waals surface area contributed by atoms with Gasteiger partial charge < -0.3 is 5.32 Å². The van der Waals surface area contributed by atoms with Crippen molar-refractivity contribution in [3.63, 3.8) is 0 Å². The van der Waals surface area contributed by atoms with Crippen LogP contribution < -0.4 is 5.32 Å². The molecule has 0 spiro atoms. The molecule has 1 fully saturated rings. The van der Waals surface area contributed by atoms with Crippen LogP contribution in [0.25, 0.3) is 0 Å². The molecular formula is C11H15BrN2. The first-order valence-electron chi connectivity index (χ1n) is 5.07. The van der Waals surface area contributed by atoms with Gasteiger partial charge >= 0.3 is 0 Å². The summed E-state index contributed by atoms with van der Waals surface area (Å²) in [7, 11) is 0. The van der Waals surface area contributed by atoms with Crippen LogP contribution in [0.15, 0.2) is 10.5 Å². The average molecular weight is 255 g/mol. The van der Waals surface area contributed by atoms with E-state index in [1.807, 2.05) is 6.92 Å². The minimum absolute atomic E-state index is 0.655. The van der Waals surface area contributed by atoms with Gasteiger partial charge in [-0.3, -0.25) is 0 Å². The molecule has 1 saturated carbocycles. The number of aromatic nitrogens is 1. The highest BCUT2D eigenvalue weighted by Crippen LogP contribution is 2.26. The highest BCUT2D eigenvalue weighted by molar-refractivity contribution is 9.10. The monoisotopic (exact) mass is 254 g/mol. The van der Waals surface area contributed by atoms with Crippen LogP contribution in [0.2, 0.25) is 0 Å². The van der Waals surface area contributed by atoms with E-state index in [1.54, 1.807) is 0 Å². The van der Waals surface area contributed by atoms with Crippen molar-refractivity contribution in [1.29, 1.82) is 0 Å². The molecule has 76 valence electrons. The van der Waals surface area contributed by atoms with Gasteiger partial charge in [-0.25, -0.2) is 4.98 Å². The summed E-state index contributed by atoms with van der Waals surface area (Å²) in [6.45, 7) is 4.13. The smallest absolute Gasteiger partial charge is 0.126 e. The van der Waals surface area contributed by atoms with Crippen molar-refractivity contribution in [2.75, 3.05) is 5.32 Å². The maximum atomic E-state index is 4.50. The molecule has 1 aromatic heterocycles. The summed E-state index contributed by atoms with van der Waals surface area (Å²) in [5, 5.41) is 3.46. The van der Waals surface area contributed by atoms with Gasteiger partial charge in [-0.2, -0.15) is 0 Å².